The summed E-state index contributed by atoms with van der Waals surface area (Å²) in [6.07, 6.45) is 7.81. The van der Waals surface area contributed by atoms with Crippen LogP contribution in [0.3, 0.4) is 0 Å². The topological polar surface area (TPSA) is 54.4 Å². The van der Waals surface area contributed by atoms with Gasteiger partial charge in [-0.15, -0.1) is 0 Å². The first-order valence-corrected chi connectivity index (χ1v) is 6.04. The van der Waals surface area contributed by atoms with Gasteiger partial charge in [-0.1, -0.05) is 13.3 Å². The van der Waals surface area contributed by atoms with Gasteiger partial charge >= 0.3 is 0 Å². The fourth-order valence-corrected chi connectivity index (χ4v) is 2.03. The summed E-state index contributed by atoms with van der Waals surface area (Å²) in [6.45, 7) is 2.16. The van der Waals surface area contributed by atoms with Gasteiger partial charge in [-0.2, -0.15) is 5.10 Å². The van der Waals surface area contributed by atoms with Crippen LogP contribution in [0.4, 0.5) is 0 Å². The molecule has 1 aliphatic rings. The Morgan fingerprint density at radius 1 is 1.41 bits per heavy atom. The maximum absolute atomic E-state index is 11.7. The van der Waals surface area contributed by atoms with E-state index >= 15 is 0 Å². The van der Waals surface area contributed by atoms with Crippen molar-refractivity contribution in [1.29, 1.82) is 0 Å². The Bertz CT molecular complexity index is 414. The maximum atomic E-state index is 11.7. The largest absolute Gasteiger partial charge is 0.271 e. The molecular weight excluding hydrogens is 214 g/mol. The monoisotopic (exact) mass is 231 g/mol. The second kappa shape index (κ2) is 5.57. The van der Waals surface area contributed by atoms with E-state index in [1.165, 1.54) is 19.3 Å². The van der Waals surface area contributed by atoms with Crippen molar-refractivity contribution in [2.24, 2.45) is 11.0 Å². The van der Waals surface area contributed by atoms with E-state index < -0.39 is 0 Å². The quantitative estimate of drug-likeness (QED) is 0.794. The molecule has 0 radical (unpaired) electrons. The SMILES string of the molecule is C[C@H]1CCCC/C1=N/NC(=O)c1ccncc1. The fourth-order valence-electron chi connectivity index (χ4n) is 2.03. The number of hydrogen-bond acceptors (Lipinski definition) is 3. The van der Waals surface area contributed by atoms with Gasteiger partial charge in [0.05, 0.1) is 0 Å². The molecular formula is C13H17N3O. The van der Waals surface area contributed by atoms with Crippen molar-refractivity contribution >= 4 is 11.6 Å². The Balaban J connectivity index is 1.97. The van der Waals surface area contributed by atoms with Crippen molar-refractivity contribution in [2.45, 2.75) is 32.6 Å². The molecule has 4 heteroatoms. The molecule has 0 aromatic carbocycles. The van der Waals surface area contributed by atoms with Gasteiger partial charge in [0.15, 0.2) is 0 Å². The lowest BCUT2D eigenvalue weighted by atomic mass is 9.89. The van der Waals surface area contributed by atoms with E-state index in [9.17, 15) is 4.79 Å². The summed E-state index contributed by atoms with van der Waals surface area (Å²) in [5, 5.41) is 4.24. The summed E-state index contributed by atoms with van der Waals surface area (Å²) < 4.78 is 0. The van der Waals surface area contributed by atoms with Gasteiger partial charge in [-0.05, 0) is 37.3 Å². The predicted molar refractivity (Wildman–Crippen MR) is 66.8 cm³/mol. The van der Waals surface area contributed by atoms with Gasteiger partial charge in [-0.25, -0.2) is 5.43 Å². The van der Waals surface area contributed by atoms with Crippen molar-refractivity contribution in [3.63, 3.8) is 0 Å². The molecule has 0 spiro atoms. The van der Waals surface area contributed by atoms with E-state index in [-0.39, 0.29) is 5.91 Å². The van der Waals surface area contributed by atoms with E-state index in [0.717, 1.165) is 12.1 Å². The molecule has 4 nitrogen and oxygen atoms in total. The summed E-state index contributed by atoms with van der Waals surface area (Å²) in [5.41, 5.74) is 4.32. The standard InChI is InChI=1S/C13H17N3O/c1-10-4-2-3-5-12(10)15-16-13(17)11-6-8-14-9-7-11/h6-10H,2-5H2,1H3,(H,16,17)/b15-12-/t10-/m0/s1. The average molecular weight is 231 g/mol. The van der Waals surface area contributed by atoms with Crippen LogP contribution in [0, 0.1) is 5.92 Å². The van der Waals surface area contributed by atoms with Crippen molar-refractivity contribution in [1.82, 2.24) is 10.4 Å². The molecule has 0 aliphatic heterocycles. The van der Waals surface area contributed by atoms with Gasteiger partial charge in [0, 0.05) is 23.7 Å². The lowest BCUT2D eigenvalue weighted by Gasteiger charge is -2.19. The second-order valence-corrected chi connectivity index (χ2v) is 4.43. The highest BCUT2D eigenvalue weighted by atomic mass is 16.2. The van der Waals surface area contributed by atoms with Crippen molar-refractivity contribution in [3.8, 4) is 0 Å². The Kier molecular flexibility index (Phi) is 3.85. The Hall–Kier alpha value is -1.71. The van der Waals surface area contributed by atoms with E-state index in [0.29, 0.717) is 11.5 Å². The Morgan fingerprint density at radius 3 is 2.88 bits per heavy atom. The molecule has 1 aromatic rings. The smallest absolute Gasteiger partial charge is 0.267 e. The first-order chi connectivity index (χ1) is 8.27. The van der Waals surface area contributed by atoms with Crippen LogP contribution in [0.2, 0.25) is 0 Å². The number of hydrogen-bond donors (Lipinski definition) is 1. The highest BCUT2D eigenvalue weighted by Crippen LogP contribution is 2.20. The minimum absolute atomic E-state index is 0.169. The van der Waals surface area contributed by atoms with E-state index in [1.807, 2.05) is 0 Å². The molecule has 1 atom stereocenters. The number of amides is 1. The third-order valence-corrected chi connectivity index (χ3v) is 3.13. The number of rotatable bonds is 2. The van der Waals surface area contributed by atoms with Crippen LogP contribution in [0.15, 0.2) is 29.6 Å². The van der Waals surface area contributed by atoms with E-state index in [1.54, 1.807) is 24.5 Å². The highest BCUT2D eigenvalue weighted by Gasteiger charge is 2.16. The number of nitrogens with zero attached hydrogens (tertiary/aromatic N) is 2. The number of carbonyl (C=O) groups is 1. The number of pyridine rings is 1. The van der Waals surface area contributed by atoms with Crippen LogP contribution < -0.4 is 5.43 Å². The molecule has 1 aromatic heterocycles. The molecule has 1 saturated carbocycles. The fraction of sp³-hybridized carbons (Fsp3) is 0.462. The van der Waals surface area contributed by atoms with Gasteiger partial charge in [0.25, 0.3) is 5.91 Å². The highest BCUT2D eigenvalue weighted by molar-refractivity contribution is 5.95. The molecule has 0 bridgehead atoms. The van der Waals surface area contributed by atoms with E-state index in [2.05, 4.69) is 22.4 Å². The molecule has 0 unspecified atom stereocenters. The van der Waals surface area contributed by atoms with Crippen LogP contribution >= 0.6 is 0 Å². The van der Waals surface area contributed by atoms with Crippen molar-refractivity contribution in [3.05, 3.63) is 30.1 Å². The molecule has 2 rings (SSSR count). The summed E-state index contributed by atoms with van der Waals surface area (Å²) >= 11 is 0. The van der Waals surface area contributed by atoms with Gasteiger partial charge in [-0.3, -0.25) is 9.78 Å². The molecule has 1 amide bonds. The summed E-state index contributed by atoms with van der Waals surface area (Å²) in [7, 11) is 0. The molecule has 1 aliphatic carbocycles. The van der Waals surface area contributed by atoms with Crippen LogP contribution in [-0.2, 0) is 0 Å². The maximum Gasteiger partial charge on any atom is 0.271 e. The summed E-state index contributed by atoms with van der Waals surface area (Å²) in [6, 6.07) is 3.36. The normalized spacial score (nSPS) is 22.4. The zero-order valence-corrected chi connectivity index (χ0v) is 10.0. The molecule has 0 saturated heterocycles. The molecule has 1 heterocycles. The van der Waals surface area contributed by atoms with Crippen molar-refractivity contribution < 1.29 is 4.79 Å². The Labute approximate surface area is 101 Å². The number of aromatic nitrogens is 1. The zero-order chi connectivity index (χ0) is 12.1. The van der Waals surface area contributed by atoms with Gasteiger partial charge in [0.1, 0.15) is 0 Å². The van der Waals surface area contributed by atoms with Crippen molar-refractivity contribution in [2.75, 3.05) is 0 Å². The zero-order valence-electron chi connectivity index (χ0n) is 10.0. The minimum atomic E-state index is -0.169. The Morgan fingerprint density at radius 2 is 2.18 bits per heavy atom. The third-order valence-electron chi connectivity index (χ3n) is 3.13. The second-order valence-electron chi connectivity index (χ2n) is 4.43. The predicted octanol–water partition coefficient (Wildman–Crippen LogP) is 2.38. The molecule has 90 valence electrons. The number of nitrogens with one attached hydrogen (secondary N) is 1. The van der Waals surface area contributed by atoms with Crippen LogP contribution in [-0.4, -0.2) is 16.6 Å². The number of hydrazone groups is 1. The summed E-state index contributed by atoms with van der Waals surface area (Å²) in [5.74, 6) is 0.319. The lowest BCUT2D eigenvalue weighted by Crippen LogP contribution is -2.24. The lowest BCUT2D eigenvalue weighted by molar-refractivity contribution is 0.0954. The molecule has 17 heavy (non-hydrogen) atoms. The molecule has 1 fully saturated rings. The number of carbonyl (C=O) groups excluding carboxylic acids is 1. The summed E-state index contributed by atoms with van der Waals surface area (Å²) in [4.78, 5) is 15.6. The van der Waals surface area contributed by atoms with Crippen LogP contribution in [0.25, 0.3) is 0 Å². The first-order valence-electron chi connectivity index (χ1n) is 6.04. The van der Waals surface area contributed by atoms with Gasteiger partial charge in [0.2, 0.25) is 0 Å². The first kappa shape index (κ1) is 11.8. The van der Waals surface area contributed by atoms with Crippen LogP contribution in [0.1, 0.15) is 43.0 Å². The average Bonchev–Trinajstić information content (AvgIpc) is 2.38. The van der Waals surface area contributed by atoms with Crippen LogP contribution in [0.5, 0.6) is 0 Å². The third kappa shape index (κ3) is 3.12. The van der Waals surface area contributed by atoms with E-state index in [4.69, 9.17) is 0 Å². The molecule has 1 N–H and O–H groups in total. The minimum Gasteiger partial charge on any atom is -0.267 e. The van der Waals surface area contributed by atoms with Gasteiger partial charge < -0.3 is 0 Å².